The van der Waals surface area contributed by atoms with E-state index in [1.807, 2.05) is 42.5 Å². The van der Waals surface area contributed by atoms with Crippen LogP contribution < -0.4 is 5.32 Å². The van der Waals surface area contributed by atoms with Crippen LogP contribution in [0.25, 0.3) is 0 Å². The minimum Gasteiger partial charge on any atom is -0.340 e. The third-order valence-corrected chi connectivity index (χ3v) is 4.41. The highest BCUT2D eigenvalue weighted by Crippen LogP contribution is 2.23. The summed E-state index contributed by atoms with van der Waals surface area (Å²) in [6.07, 6.45) is 6.50. The molecule has 5 nitrogen and oxygen atoms in total. The molecule has 2 N–H and O–H groups in total. The van der Waals surface area contributed by atoms with Crippen molar-refractivity contribution >= 4 is 17.5 Å². The second-order valence-corrected chi connectivity index (χ2v) is 6.56. The molecule has 1 aromatic carbocycles. The Morgan fingerprint density at radius 2 is 2.04 bits per heavy atom. The van der Waals surface area contributed by atoms with Crippen LogP contribution >= 0.6 is 11.6 Å². The molecule has 0 unspecified atom stereocenters. The minimum absolute atomic E-state index is 0.229. The van der Waals surface area contributed by atoms with Gasteiger partial charge in [-0.15, -0.1) is 0 Å². The van der Waals surface area contributed by atoms with Crippen molar-refractivity contribution in [2.24, 2.45) is 0 Å². The molecule has 1 atom stereocenters. The minimum atomic E-state index is -0.329. The smallest absolute Gasteiger partial charge is 0.272 e. The number of rotatable bonds is 7. The summed E-state index contributed by atoms with van der Waals surface area (Å²) in [5, 5.41) is 10.8. The van der Waals surface area contributed by atoms with Crippen LogP contribution in [0.1, 0.15) is 53.1 Å². The number of carbonyl (C=O) groups is 1. The number of benzene rings is 1. The molecule has 134 valence electrons. The van der Waals surface area contributed by atoms with E-state index in [2.05, 4.69) is 27.4 Å². The number of amides is 1. The maximum Gasteiger partial charge on any atom is 0.272 e. The van der Waals surface area contributed by atoms with Crippen molar-refractivity contribution in [1.82, 2.24) is 20.5 Å². The predicted octanol–water partition coefficient (Wildman–Crippen LogP) is 4.32. The van der Waals surface area contributed by atoms with Gasteiger partial charge in [0.2, 0.25) is 0 Å². The molecule has 26 heavy (non-hydrogen) atoms. The predicted molar refractivity (Wildman–Crippen MR) is 102 cm³/mol. The molecule has 0 saturated carbocycles. The molecule has 1 amide bonds. The van der Waals surface area contributed by atoms with E-state index in [9.17, 15) is 4.79 Å². The highest BCUT2D eigenvalue weighted by molar-refractivity contribution is 6.30. The fourth-order valence-corrected chi connectivity index (χ4v) is 2.87. The molecule has 6 heteroatoms. The Kier molecular flexibility index (Phi) is 6.02. The van der Waals surface area contributed by atoms with E-state index < -0.39 is 0 Å². The highest BCUT2D eigenvalue weighted by atomic mass is 35.5. The average molecular weight is 369 g/mol. The zero-order valence-corrected chi connectivity index (χ0v) is 15.3. The van der Waals surface area contributed by atoms with Crippen LogP contribution in [-0.2, 0) is 6.42 Å². The third kappa shape index (κ3) is 4.49. The number of pyridine rings is 1. The van der Waals surface area contributed by atoms with E-state index in [0.29, 0.717) is 10.7 Å². The normalized spacial score (nSPS) is 11.9. The van der Waals surface area contributed by atoms with E-state index in [4.69, 9.17) is 11.6 Å². The van der Waals surface area contributed by atoms with Gasteiger partial charge in [-0.1, -0.05) is 43.1 Å². The second-order valence-electron chi connectivity index (χ2n) is 6.13. The topological polar surface area (TPSA) is 70.7 Å². The molecule has 0 aliphatic carbocycles. The summed E-state index contributed by atoms with van der Waals surface area (Å²) >= 11 is 5.99. The van der Waals surface area contributed by atoms with Crippen LogP contribution in [0.15, 0.2) is 54.9 Å². The Labute approximate surface area is 157 Å². The number of aryl methyl sites for hydroxylation is 1. The van der Waals surface area contributed by atoms with E-state index in [-0.39, 0.29) is 11.9 Å². The molecular formula is C20H21ClN4O. The number of aromatic nitrogens is 3. The lowest BCUT2D eigenvalue weighted by molar-refractivity contribution is 0.0938. The molecule has 3 rings (SSSR count). The van der Waals surface area contributed by atoms with Gasteiger partial charge in [0.1, 0.15) is 5.69 Å². The van der Waals surface area contributed by atoms with Crippen molar-refractivity contribution in [3.05, 3.63) is 82.4 Å². The Bertz CT molecular complexity index is 846. The molecule has 0 aliphatic rings. The zero-order chi connectivity index (χ0) is 18.4. The van der Waals surface area contributed by atoms with Gasteiger partial charge in [-0.2, -0.15) is 5.10 Å². The van der Waals surface area contributed by atoms with Gasteiger partial charge in [-0.3, -0.25) is 14.9 Å². The lowest BCUT2D eigenvalue weighted by Gasteiger charge is -2.19. The number of unbranched alkanes of at least 4 members (excludes halogenated alkanes) is 1. The summed E-state index contributed by atoms with van der Waals surface area (Å²) in [7, 11) is 0. The van der Waals surface area contributed by atoms with Gasteiger partial charge in [-0.25, -0.2) is 0 Å². The fourth-order valence-electron chi connectivity index (χ4n) is 2.74. The third-order valence-electron chi connectivity index (χ3n) is 4.16. The van der Waals surface area contributed by atoms with E-state index in [1.165, 1.54) is 0 Å². The van der Waals surface area contributed by atoms with Crippen molar-refractivity contribution in [1.29, 1.82) is 0 Å². The van der Waals surface area contributed by atoms with Crippen LogP contribution in [0.5, 0.6) is 0 Å². The molecule has 0 fully saturated rings. The van der Waals surface area contributed by atoms with E-state index >= 15 is 0 Å². The van der Waals surface area contributed by atoms with Crippen LogP contribution in [0, 0.1) is 0 Å². The van der Waals surface area contributed by atoms with Gasteiger partial charge in [0.25, 0.3) is 5.91 Å². The first kappa shape index (κ1) is 18.1. The second kappa shape index (κ2) is 8.63. The van der Waals surface area contributed by atoms with Crippen molar-refractivity contribution < 1.29 is 4.79 Å². The fraction of sp³-hybridized carbons (Fsp3) is 0.250. The number of nitrogens with zero attached hydrogens (tertiary/aromatic N) is 2. The quantitative estimate of drug-likeness (QED) is 0.652. The average Bonchev–Trinajstić information content (AvgIpc) is 3.15. The van der Waals surface area contributed by atoms with Crippen LogP contribution in [0.4, 0.5) is 0 Å². The zero-order valence-electron chi connectivity index (χ0n) is 14.6. The van der Waals surface area contributed by atoms with Crippen LogP contribution in [0.3, 0.4) is 0 Å². The molecule has 0 radical (unpaired) electrons. The summed E-state index contributed by atoms with van der Waals surface area (Å²) in [5.41, 5.74) is 3.18. The van der Waals surface area contributed by atoms with Crippen molar-refractivity contribution in [3.8, 4) is 0 Å². The number of halogens is 1. The van der Waals surface area contributed by atoms with Gasteiger partial charge < -0.3 is 5.32 Å². The first-order valence-electron chi connectivity index (χ1n) is 8.68. The number of nitrogens with one attached hydrogen (secondary N) is 2. The monoisotopic (exact) mass is 368 g/mol. The molecule has 3 aromatic rings. The van der Waals surface area contributed by atoms with Crippen LogP contribution in [-0.4, -0.2) is 21.1 Å². The standard InChI is InChI=1S/C20H21ClN4O/c1-2-3-6-17-12-18(25-24-17)20(26)23-19(15-5-4-11-22-13-15)14-7-9-16(21)10-8-14/h4-5,7-13,19H,2-3,6H2,1H3,(H,23,26)(H,24,25)/t19-/m0/s1. The summed E-state index contributed by atoms with van der Waals surface area (Å²) < 4.78 is 0. The van der Waals surface area contributed by atoms with Gasteiger partial charge >= 0.3 is 0 Å². The molecule has 2 aromatic heterocycles. The number of carbonyl (C=O) groups excluding carboxylic acids is 1. The molecule has 2 heterocycles. The first-order chi connectivity index (χ1) is 12.7. The van der Waals surface area contributed by atoms with E-state index in [1.54, 1.807) is 12.4 Å². The van der Waals surface area contributed by atoms with Gasteiger partial charge in [0.15, 0.2) is 0 Å². The largest absolute Gasteiger partial charge is 0.340 e. The Morgan fingerprint density at radius 3 is 2.73 bits per heavy atom. The van der Waals surface area contributed by atoms with Gasteiger partial charge in [0.05, 0.1) is 6.04 Å². The lowest BCUT2D eigenvalue weighted by atomic mass is 10.00. The summed E-state index contributed by atoms with van der Waals surface area (Å²) in [5.74, 6) is -0.229. The maximum atomic E-state index is 12.7. The Balaban J connectivity index is 1.82. The summed E-state index contributed by atoms with van der Waals surface area (Å²) in [6.45, 7) is 2.13. The first-order valence-corrected chi connectivity index (χ1v) is 9.05. The molecule has 0 spiro atoms. The number of hydrogen-bond acceptors (Lipinski definition) is 3. The van der Waals surface area contributed by atoms with Crippen LogP contribution in [0.2, 0.25) is 5.02 Å². The summed E-state index contributed by atoms with van der Waals surface area (Å²) in [4.78, 5) is 16.9. The molecule has 0 saturated heterocycles. The molecule has 0 aliphatic heterocycles. The van der Waals surface area contributed by atoms with Crippen molar-refractivity contribution in [3.63, 3.8) is 0 Å². The van der Waals surface area contributed by atoms with Crippen molar-refractivity contribution in [2.45, 2.75) is 32.2 Å². The SMILES string of the molecule is CCCCc1cc(C(=O)N[C@@H](c2ccc(Cl)cc2)c2cccnc2)n[nH]1. The van der Waals surface area contributed by atoms with Crippen molar-refractivity contribution in [2.75, 3.05) is 0 Å². The number of H-pyrrole nitrogens is 1. The summed E-state index contributed by atoms with van der Waals surface area (Å²) in [6, 6.07) is 12.7. The number of aromatic amines is 1. The van der Waals surface area contributed by atoms with Gasteiger partial charge in [0, 0.05) is 23.1 Å². The molecule has 0 bridgehead atoms. The van der Waals surface area contributed by atoms with Gasteiger partial charge in [-0.05, 0) is 48.2 Å². The maximum absolute atomic E-state index is 12.7. The molecular weight excluding hydrogens is 348 g/mol. The Morgan fingerprint density at radius 1 is 1.23 bits per heavy atom. The lowest BCUT2D eigenvalue weighted by Crippen LogP contribution is -2.29. The Hall–Kier alpha value is -2.66. The number of hydrogen-bond donors (Lipinski definition) is 2. The van der Waals surface area contributed by atoms with E-state index in [0.717, 1.165) is 36.1 Å². The highest BCUT2D eigenvalue weighted by Gasteiger charge is 2.19.